The molecule has 0 spiro atoms. The number of hydrogen-bond acceptors (Lipinski definition) is 8. The van der Waals surface area contributed by atoms with Crippen LogP contribution in [-0.2, 0) is 4.74 Å². The lowest BCUT2D eigenvalue weighted by Crippen LogP contribution is -2.46. The number of phenols is 1. The molecule has 1 aliphatic heterocycles. The van der Waals surface area contributed by atoms with Crippen molar-refractivity contribution in [3.8, 4) is 28.6 Å². The van der Waals surface area contributed by atoms with Crippen molar-refractivity contribution in [1.82, 2.24) is 20.4 Å². The third-order valence-corrected chi connectivity index (χ3v) is 5.85. The lowest BCUT2D eigenvalue weighted by molar-refractivity contribution is 0.174. The first-order chi connectivity index (χ1) is 17.0. The molecule has 1 aliphatic rings. The van der Waals surface area contributed by atoms with Gasteiger partial charge in [-0.05, 0) is 43.2 Å². The van der Waals surface area contributed by atoms with Crippen LogP contribution in [0.25, 0.3) is 17.0 Å². The Morgan fingerprint density at radius 3 is 2.69 bits per heavy atom. The zero-order chi connectivity index (χ0) is 24.9. The number of allylic oxidation sites excluding steroid dienone is 1. The molecule has 184 valence electrons. The molecule has 1 unspecified atom stereocenters. The summed E-state index contributed by atoms with van der Waals surface area (Å²) in [5, 5.41) is 17.5. The van der Waals surface area contributed by atoms with Gasteiger partial charge in [-0.1, -0.05) is 23.4 Å². The SMILES string of the molecule is COCCCN1C(=O)NC(c2ccc(OC)c(O)c2)C(c2nc(-c3cccc(OC)c3)no2)=C1C. The molecule has 3 aromatic rings. The van der Waals surface area contributed by atoms with Crippen LogP contribution in [0.3, 0.4) is 0 Å². The van der Waals surface area contributed by atoms with Gasteiger partial charge in [0, 0.05) is 31.5 Å². The first kappa shape index (κ1) is 24.1. The molecule has 1 aromatic heterocycles. The van der Waals surface area contributed by atoms with E-state index in [1.807, 2.05) is 31.2 Å². The van der Waals surface area contributed by atoms with Gasteiger partial charge in [-0.2, -0.15) is 4.98 Å². The van der Waals surface area contributed by atoms with Crippen LogP contribution in [0.2, 0.25) is 0 Å². The lowest BCUT2D eigenvalue weighted by Gasteiger charge is -2.35. The molecule has 0 saturated heterocycles. The summed E-state index contributed by atoms with van der Waals surface area (Å²) < 4.78 is 21.3. The minimum atomic E-state index is -0.628. The van der Waals surface area contributed by atoms with E-state index in [0.717, 1.165) is 5.56 Å². The number of phenolic OH excluding ortho intramolecular Hbond substituents is 1. The summed E-state index contributed by atoms with van der Waals surface area (Å²) in [7, 11) is 4.69. The molecule has 4 rings (SSSR count). The summed E-state index contributed by atoms with van der Waals surface area (Å²) in [6.07, 6.45) is 0.654. The van der Waals surface area contributed by atoms with Gasteiger partial charge in [0.15, 0.2) is 11.5 Å². The fourth-order valence-electron chi connectivity index (χ4n) is 4.04. The predicted molar refractivity (Wildman–Crippen MR) is 128 cm³/mol. The summed E-state index contributed by atoms with van der Waals surface area (Å²) in [6, 6.07) is 11.4. The molecule has 0 bridgehead atoms. The fourth-order valence-corrected chi connectivity index (χ4v) is 4.04. The number of benzene rings is 2. The standard InChI is InChI=1S/C25H28N4O6/c1-15-21(24-27-23(28-35-24)17-7-5-8-18(13-17)33-3)22(16-9-10-20(34-4)19(30)14-16)26-25(31)29(15)11-6-12-32-2/h5,7-10,13-14,22,30H,6,11-12H2,1-4H3,(H,26,31). The van der Waals surface area contributed by atoms with E-state index < -0.39 is 6.04 Å². The summed E-state index contributed by atoms with van der Waals surface area (Å²) in [5.41, 5.74) is 2.68. The summed E-state index contributed by atoms with van der Waals surface area (Å²) in [4.78, 5) is 19.3. The molecule has 0 fully saturated rings. The van der Waals surface area contributed by atoms with Gasteiger partial charge in [0.25, 0.3) is 5.89 Å². The van der Waals surface area contributed by atoms with E-state index in [4.69, 9.17) is 18.7 Å². The molecule has 10 heteroatoms. The van der Waals surface area contributed by atoms with Crippen LogP contribution >= 0.6 is 0 Å². The molecule has 2 aromatic carbocycles. The molecule has 0 saturated carbocycles. The van der Waals surface area contributed by atoms with Gasteiger partial charge >= 0.3 is 6.03 Å². The Balaban J connectivity index is 1.78. The minimum absolute atomic E-state index is 0.0404. The number of amides is 2. The lowest BCUT2D eigenvalue weighted by atomic mass is 9.94. The maximum absolute atomic E-state index is 13.0. The molecular formula is C25H28N4O6. The molecular weight excluding hydrogens is 452 g/mol. The smallest absolute Gasteiger partial charge is 0.322 e. The van der Waals surface area contributed by atoms with E-state index in [0.29, 0.717) is 53.7 Å². The molecule has 0 aliphatic carbocycles. The van der Waals surface area contributed by atoms with E-state index in [1.54, 1.807) is 37.3 Å². The van der Waals surface area contributed by atoms with Crippen molar-refractivity contribution in [2.45, 2.75) is 19.4 Å². The molecule has 2 heterocycles. The topological polar surface area (TPSA) is 119 Å². The van der Waals surface area contributed by atoms with Gasteiger partial charge in [0.1, 0.15) is 5.75 Å². The number of ether oxygens (including phenoxy) is 3. The second kappa shape index (κ2) is 10.5. The molecule has 35 heavy (non-hydrogen) atoms. The molecule has 10 nitrogen and oxygen atoms in total. The average molecular weight is 481 g/mol. The normalized spacial score (nSPS) is 15.8. The van der Waals surface area contributed by atoms with E-state index in [-0.39, 0.29) is 17.7 Å². The van der Waals surface area contributed by atoms with Gasteiger partial charge in [0.05, 0.1) is 25.8 Å². The van der Waals surface area contributed by atoms with Gasteiger partial charge in [-0.3, -0.25) is 4.90 Å². The zero-order valence-corrected chi connectivity index (χ0v) is 20.1. The number of rotatable bonds is 9. The van der Waals surface area contributed by atoms with E-state index >= 15 is 0 Å². The van der Waals surface area contributed by atoms with Crippen molar-refractivity contribution in [3.63, 3.8) is 0 Å². The Labute approximate surface area is 203 Å². The predicted octanol–water partition coefficient (Wildman–Crippen LogP) is 3.99. The number of hydrogen-bond donors (Lipinski definition) is 2. The van der Waals surface area contributed by atoms with Crippen molar-refractivity contribution >= 4 is 11.6 Å². The highest BCUT2D eigenvalue weighted by atomic mass is 16.5. The Hall–Kier alpha value is -4.05. The maximum atomic E-state index is 13.0. The first-order valence-electron chi connectivity index (χ1n) is 11.1. The van der Waals surface area contributed by atoms with Crippen molar-refractivity contribution < 1.29 is 28.6 Å². The van der Waals surface area contributed by atoms with Crippen LogP contribution in [0.15, 0.2) is 52.7 Å². The monoisotopic (exact) mass is 480 g/mol. The molecule has 0 radical (unpaired) electrons. The fraction of sp³-hybridized carbons (Fsp3) is 0.320. The summed E-state index contributed by atoms with van der Waals surface area (Å²) in [6.45, 7) is 2.81. The van der Waals surface area contributed by atoms with E-state index in [1.165, 1.54) is 7.11 Å². The van der Waals surface area contributed by atoms with Gasteiger partial charge < -0.3 is 29.2 Å². The number of nitrogens with one attached hydrogen (secondary N) is 1. The number of aromatic nitrogens is 2. The van der Waals surface area contributed by atoms with Crippen LogP contribution < -0.4 is 14.8 Å². The van der Waals surface area contributed by atoms with Crippen LogP contribution in [0.5, 0.6) is 17.2 Å². The highest BCUT2D eigenvalue weighted by Crippen LogP contribution is 2.39. The van der Waals surface area contributed by atoms with Crippen LogP contribution in [0.1, 0.15) is 30.8 Å². The van der Waals surface area contributed by atoms with Gasteiger partial charge in [-0.15, -0.1) is 0 Å². The number of nitrogens with zero attached hydrogens (tertiary/aromatic N) is 3. The van der Waals surface area contributed by atoms with Crippen molar-refractivity contribution in [2.75, 3.05) is 34.5 Å². The second-order valence-corrected chi connectivity index (χ2v) is 7.97. The third-order valence-electron chi connectivity index (χ3n) is 5.85. The number of carbonyl (C=O) groups is 1. The largest absolute Gasteiger partial charge is 0.504 e. The van der Waals surface area contributed by atoms with Crippen LogP contribution in [0, 0.1) is 0 Å². The Morgan fingerprint density at radius 2 is 1.97 bits per heavy atom. The number of methoxy groups -OCH3 is 3. The summed E-state index contributed by atoms with van der Waals surface area (Å²) >= 11 is 0. The summed E-state index contributed by atoms with van der Waals surface area (Å²) in [5.74, 6) is 1.61. The van der Waals surface area contributed by atoms with Crippen molar-refractivity contribution in [1.29, 1.82) is 0 Å². The number of carbonyl (C=O) groups excluding carboxylic acids is 1. The third kappa shape index (κ3) is 4.92. The highest BCUT2D eigenvalue weighted by molar-refractivity contribution is 5.87. The molecule has 2 N–H and O–H groups in total. The van der Waals surface area contributed by atoms with Crippen LogP contribution in [0.4, 0.5) is 4.79 Å². The molecule has 2 amide bonds. The van der Waals surface area contributed by atoms with Gasteiger partial charge in [-0.25, -0.2) is 4.79 Å². The quantitative estimate of drug-likeness (QED) is 0.441. The number of aromatic hydroxyl groups is 1. The van der Waals surface area contributed by atoms with Crippen molar-refractivity contribution in [3.05, 3.63) is 59.6 Å². The Morgan fingerprint density at radius 1 is 1.14 bits per heavy atom. The average Bonchev–Trinajstić information content (AvgIpc) is 3.35. The minimum Gasteiger partial charge on any atom is -0.504 e. The Kier molecular flexibility index (Phi) is 7.21. The van der Waals surface area contributed by atoms with E-state index in [2.05, 4.69) is 15.5 Å². The number of urea groups is 1. The first-order valence-corrected chi connectivity index (χ1v) is 11.1. The highest BCUT2D eigenvalue weighted by Gasteiger charge is 2.36. The second-order valence-electron chi connectivity index (χ2n) is 7.97. The van der Waals surface area contributed by atoms with E-state index in [9.17, 15) is 9.90 Å². The zero-order valence-electron chi connectivity index (χ0n) is 20.1. The maximum Gasteiger partial charge on any atom is 0.322 e. The van der Waals surface area contributed by atoms with Crippen molar-refractivity contribution in [2.24, 2.45) is 0 Å². The molecule has 1 atom stereocenters. The van der Waals surface area contributed by atoms with Crippen LogP contribution in [-0.4, -0.2) is 60.7 Å². The van der Waals surface area contributed by atoms with Gasteiger partial charge in [0.2, 0.25) is 5.82 Å². The Bertz CT molecular complexity index is 1240.